The van der Waals surface area contributed by atoms with Crippen molar-refractivity contribution in [3.05, 3.63) is 0 Å². The van der Waals surface area contributed by atoms with Gasteiger partial charge in [-0.15, -0.1) is 0 Å². The molecule has 102 valence electrons. The van der Waals surface area contributed by atoms with Crippen molar-refractivity contribution in [2.45, 2.75) is 52.6 Å². The third-order valence-corrected chi connectivity index (χ3v) is 2.87. The summed E-state index contributed by atoms with van der Waals surface area (Å²) in [5.74, 6) is 0.291. The minimum Gasteiger partial charge on any atom is -0.465 e. The van der Waals surface area contributed by atoms with Crippen molar-refractivity contribution < 1.29 is 9.53 Å². The van der Waals surface area contributed by atoms with Gasteiger partial charge in [0.1, 0.15) is 5.54 Å². The maximum Gasteiger partial charge on any atom is 0.325 e. The molecule has 17 heavy (non-hydrogen) atoms. The minimum absolute atomic E-state index is 0.261. The fraction of sp³-hybridized carbons (Fsp3) is 0.923. The highest BCUT2D eigenvalue weighted by Crippen LogP contribution is 2.15. The molecule has 0 spiro atoms. The van der Waals surface area contributed by atoms with Crippen molar-refractivity contribution in [2.24, 2.45) is 11.7 Å². The van der Waals surface area contributed by atoms with E-state index in [2.05, 4.69) is 32.7 Å². The molecule has 0 heterocycles. The van der Waals surface area contributed by atoms with Gasteiger partial charge < -0.3 is 15.4 Å². The van der Waals surface area contributed by atoms with Crippen LogP contribution in [0.4, 0.5) is 0 Å². The Morgan fingerprint density at radius 2 is 1.94 bits per heavy atom. The molecule has 4 nitrogen and oxygen atoms in total. The molecule has 0 rings (SSSR count). The molecule has 0 saturated carbocycles. The molecule has 0 aromatic rings. The maximum absolute atomic E-state index is 11.7. The molecule has 2 unspecified atom stereocenters. The number of nitrogens with two attached hydrogens (primary N) is 1. The zero-order chi connectivity index (χ0) is 13.6. The van der Waals surface area contributed by atoms with E-state index in [0.717, 1.165) is 6.54 Å². The molecule has 0 radical (unpaired) electrons. The molecule has 0 fully saturated rings. The van der Waals surface area contributed by atoms with Crippen LogP contribution in [0.5, 0.6) is 0 Å². The van der Waals surface area contributed by atoms with Crippen LogP contribution < -0.4 is 5.73 Å². The van der Waals surface area contributed by atoms with Crippen molar-refractivity contribution in [3.8, 4) is 0 Å². The summed E-state index contributed by atoms with van der Waals surface area (Å²) in [4.78, 5) is 13.9. The smallest absolute Gasteiger partial charge is 0.325 e. The van der Waals surface area contributed by atoms with E-state index in [9.17, 15) is 4.79 Å². The van der Waals surface area contributed by atoms with Crippen molar-refractivity contribution >= 4 is 5.97 Å². The average Bonchev–Trinajstić information content (AvgIpc) is 2.16. The highest BCUT2D eigenvalue weighted by atomic mass is 16.5. The number of rotatable bonds is 7. The van der Waals surface area contributed by atoms with Gasteiger partial charge in [0, 0.05) is 12.6 Å². The number of hydrogen-bond donors (Lipinski definition) is 1. The molecule has 2 atom stereocenters. The summed E-state index contributed by atoms with van der Waals surface area (Å²) in [5, 5.41) is 0. The Hall–Kier alpha value is -0.610. The van der Waals surface area contributed by atoms with Crippen molar-refractivity contribution in [3.63, 3.8) is 0 Å². The lowest BCUT2D eigenvalue weighted by Gasteiger charge is -2.32. The van der Waals surface area contributed by atoms with Crippen LogP contribution in [0.15, 0.2) is 0 Å². The molecular weight excluding hydrogens is 216 g/mol. The zero-order valence-corrected chi connectivity index (χ0v) is 12.1. The summed E-state index contributed by atoms with van der Waals surface area (Å²) in [6.07, 6.45) is 0.606. The van der Waals surface area contributed by atoms with Crippen molar-refractivity contribution in [2.75, 3.05) is 20.2 Å². The summed E-state index contributed by atoms with van der Waals surface area (Å²) in [5.41, 5.74) is 5.11. The van der Waals surface area contributed by atoms with Crippen LogP contribution in [0.3, 0.4) is 0 Å². The van der Waals surface area contributed by atoms with Crippen molar-refractivity contribution in [1.82, 2.24) is 4.90 Å². The average molecular weight is 244 g/mol. The third kappa shape index (κ3) is 6.03. The molecule has 0 aliphatic rings. The first-order valence-electron chi connectivity index (χ1n) is 6.37. The van der Waals surface area contributed by atoms with Gasteiger partial charge in [0.2, 0.25) is 0 Å². The fourth-order valence-electron chi connectivity index (χ4n) is 1.90. The second-order valence-corrected chi connectivity index (χ2v) is 5.52. The Bertz CT molecular complexity index is 240. The van der Waals surface area contributed by atoms with E-state index >= 15 is 0 Å². The van der Waals surface area contributed by atoms with Crippen LogP contribution in [0.25, 0.3) is 0 Å². The largest absolute Gasteiger partial charge is 0.465 e. The molecule has 0 amide bonds. The number of carbonyl (C=O) groups excluding carboxylic acids is 1. The van der Waals surface area contributed by atoms with E-state index in [1.165, 1.54) is 0 Å². The standard InChI is InChI=1S/C13H28N2O2/c1-7-17-12(16)13(5,14)8-11(4)15(6)9-10(2)3/h10-11H,7-9,14H2,1-6H3. The summed E-state index contributed by atoms with van der Waals surface area (Å²) in [6.45, 7) is 11.4. The van der Waals surface area contributed by atoms with E-state index in [4.69, 9.17) is 10.5 Å². The van der Waals surface area contributed by atoms with Crippen LogP contribution in [0, 0.1) is 5.92 Å². The van der Waals surface area contributed by atoms with E-state index in [1.807, 2.05) is 0 Å². The quantitative estimate of drug-likeness (QED) is 0.692. The van der Waals surface area contributed by atoms with Gasteiger partial charge in [0.15, 0.2) is 0 Å². The third-order valence-electron chi connectivity index (χ3n) is 2.87. The van der Waals surface area contributed by atoms with Crippen molar-refractivity contribution in [1.29, 1.82) is 0 Å². The molecule has 0 aliphatic heterocycles. The topological polar surface area (TPSA) is 55.6 Å². The highest BCUT2D eigenvalue weighted by Gasteiger charge is 2.32. The highest BCUT2D eigenvalue weighted by molar-refractivity contribution is 5.80. The lowest BCUT2D eigenvalue weighted by atomic mass is 9.94. The molecule has 4 heteroatoms. The summed E-state index contributed by atoms with van der Waals surface area (Å²) in [7, 11) is 2.06. The monoisotopic (exact) mass is 244 g/mol. The maximum atomic E-state index is 11.7. The van der Waals surface area contributed by atoms with Crippen LogP contribution in [0.1, 0.15) is 41.0 Å². The van der Waals surface area contributed by atoms with E-state index < -0.39 is 5.54 Å². The number of ether oxygens (including phenoxy) is 1. The molecule has 0 bridgehead atoms. The number of esters is 1. The van der Waals surface area contributed by atoms with Gasteiger partial charge in [-0.05, 0) is 40.2 Å². The van der Waals surface area contributed by atoms with Crippen LogP contribution >= 0.6 is 0 Å². The van der Waals surface area contributed by atoms with Gasteiger partial charge in [-0.2, -0.15) is 0 Å². The first-order valence-corrected chi connectivity index (χ1v) is 6.37. The second-order valence-electron chi connectivity index (χ2n) is 5.52. The Morgan fingerprint density at radius 3 is 2.35 bits per heavy atom. The Labute approximate surface area is 105 Å². The van der Waals surface area contributed by atoms with Gasteiger partial charge in [-0.1, -0.05) is 13.8 Å². The van der Waals surface area contributed by atoms with E-state index in [1.54, 1.807) is 13.8 Å². The van der Waals surface area contributed by atoms with Gasteiger partial charge >= 0.3 is 5.97 Å². The Morgan fingerprint density at radius 1 is 1.41 bits per heavy atom. The molecule has 0 saturated heterocycles. The predicted molar refractivity (Wildman–Crippen MR) is 70.8 cm³/mol. The summed E-state index contributed by atoms with van der Waals surface area (Å²) < 4.78 is 4.99. The zero-order valence-electron chi connectivity index (χ0n) is 12.1. The molecule has 0 aromatic heterocycles. The van der Waals surface area contributed by atoms with Crippen LogP contribution in [-0.4, -0.2) is 42.6 Å². The Balaban J connectivity index is 4.34. The SMILES string of the molecule is CCOC(=O)C(C)(N)CC(C)N(C)CC(C)C. The fourth-order valence-corrected chi connectivity index (χ4v) is 1.90. The first-order chi connectivity index (χ1) is 7.70. The molecule has 0 aliphatic carbocycles. The van der Waals surface area contributed by atoms with Crippen LogP contribution in [-0.2, 0) is 9.53 Å². The normalized spacial score (nSPS) is 17.0. The lowest BCUT2D eigenvalue weighted by Crippen LogP contribution is -2.50. The number of hydrogen-bond acceptors (Lipinski definition) is 4. The lowest BCUT2D eigenvalue weighted by molar-refractivity contribution is -0.149. The van der Waals surface area contributed by atoms with Gasteiger partial charge in [-0.25, -0.2) is 0 Å². The number of carbonyl (C=O) groups is 1. The van der Waals surface area contributed by atoms with Gasteiger partial charge in [-0.3, -0.25) is 4.79 Å². The molecule has 0 aromatic carbocycles. The van der Waals surface area contributed by atoms with Crippen LogP contribution in [0.2, 0.25) is 0 Å². The summed E-state index contributed by atoms with van der Waals surface area (Å²) in [6, 6.07) is 0.261. The Kier molecular flexibility index (Phi) is 6.72. The van der Waals surface area contributed by atoms with E-state index in [0.29, 0.717) is 18.9 Å². The van der Waals surface area contributed by atoms with Gasteiger partial charge in [0.05, 0.1) is 6.61 Å². The molecular formula is C13H28N2O2. The van der Waals surface area contributed by atoms with E-state index in [-0.39, 0.29) is 12.0 Å². The second kappa shape index (κ2) is 6.97. The number of nitrogens with zero attached hydrogens (tertiary/aromatic N) is 1. The minimum atomic E-state index is -0.902. The first kappa shape index (κ1) is 16.4. The van der Waals surface area contributed by atoms with Gasteiger partial charge in [0.25, 0.3) is 0 Å². The molecule has 2 N–H and O–H groups in total. The summed E-state index contributed by atoms with van der Waals surface area (Å²) >= 11 is 0. The predicted octanol–water partition coefficient (Wildman–Crippen LogP) is 1.63.